The third-order valence-corrected chi connectivity index (χ3v) is 3.59. The van der Waals surface area contributed by atoms with Gasteiger partial charge < -0.3 is 5.32 Å². The summed E-state index contributed by atoms with van der Waals surface area (Å²) in [4.78, 5) is 13.5. The Bertz CT molecular complexity index is 584. The molecule has 0 fully saturated rings. The second-order valence-electron chi connectivity index (χ2n) is 5.28. The number of aryl methyl sites for hydroxylation is 3. The van der Waals surface area contributed by atoms with Crippen molar-refractivity contribution in [3.63, 3.8) is 0 Å². The van der Waals surface area contributed by atoms with E-state index in [1.807, 2.05) is 26.2 Å². The standard InChI is InChI=1S/C16H22N4/c1-10-9-18-7-6-14(10)16-19-12(3)15(13(4)20-16)11(2)8-17-5/h6-7,9,11,17H,8H2,1-5H3. The van der Waals surface area contributed by atoms with E-state index < -0.39 is 0 Å². The molecule has 1 unspecified atom stereocenters. The van der Waals surface area contributed by atoms with Crippen molar-refractivity contribution in [2.45, 2.75) is 33.6 Å². The number of nitrogens with zero attached hydrogens (tertiary/aromatic N) is 3. The fourth-order valence-electron chi connectivity index (χ4n) is 2.69. The largest absolute Gasteiger partial charge is 0.319 e. The van der Waals surface area contributed by atoms with E-state index in [1.165, 1.54) is 5.56 Å². The van der Waals surface area contributed by atoms with Crippen LogP contribution in [0, 0.1) is 20.8 Å². The molecule has 0 saturated carbocycles. The molecule has 1 atom stereocenters. The molecule has 0 bridgehead atoms. The molecule has 2 aromatic rings. The van der Waals surface area contributed by atoms with E-state index in [-0.39, 0.29) is 0 Å². The molecule has 0 saturated heterocycles. The highest BCUT2D eigenvalue weighted by atomic mass is 14.9. The van der Waals surface area contributed by atoms with E-state index in [0.29, 0.717) is 5.92 Å². The molecule has 1 N–H and O–H groups in total. The predicted octanol–water partition coefficient (Wildman–Crippen LogP) is 2.79. The Hall–Kier alpha value is -1.81. The highest BCUT2D eigenvalue weighted by Crippen LogP contribution is 2.25. The Labute approximate surface area is 120 Å². The SMILES string of the molecule is CNCC(C)c1c(C)nc(-c2ccncc2C)nc1C. The minimum atomic E-state index is 0.410. The summed E-state index contributed by atoms with van der Waals surface area (Å²) >= 11 is 0. The third-order valence-electron chi connectivity index (χ3n) is 3.59. The molecule has 2 heterocycles. The third kappa shape index (κ3) is 2.85. The van der Waals surface area contributed by atoms with Crippen LogP contribution >= 0.6 is 0 Å². The van der Waals surface area contributed by atoms with Gasteiger partial charge in [-0.3, -0.25) is 4.98 Å². The number of pyridine rings is 1. The Balaban J connectivity index is 2.48. The summed E-state index contributed by atoms with van der Waals surface area (Å²) in [5, 5.41) is 3.21. The number of aromatic nitrogens is 3. The molecule has 20 heavy (non-hydrogen) atoms. The molecule has 0 radical (unpaired) electrons. The molecule has 0 aromatic carbocycles. The van der Waals surface area contributed by atoms with Crippen LogP contribution < -0.4 is 5.32 Å². The molecule has 106 valence electrons. The van der Waals surface area contributed by atoms with Gasteiger partial charge in [-0.2, -0.15) is 0 Å². The molecule has 0 aliphatic heterocycles. The number of rotatable bonds is 4. The highest BCUT2D eigenvalue weighted by Gasteiger charge is 2.15. The molecule has 0 spiro atoms. The number of hydrogen-bond acceptors (Lipinski definition) is 4. The van der Waals surface area contributed by atoms with E-state index in [2.05, 4.69) is 31.1 Å². The first-order valence-corrected chi connectivity index (χ1v) is 6.95. The molecule has 0 amide bonds. The molecular formula is C16H22N4. The molecule has 2 aromatic heterocycles. The summed E-state index contributed by atoms with van der Waals surface area (Å²) in [5.41, 5.74) is 5.52. The summed E-state index contributed by atoms with van der Waals surface area (Å²) in [6.07, 6.45) is 3.63. The maximum Gasteiger partial charge on any atom is 0.160 e. The van der Waals surface area contributed by atoms with Gasteiger partial charge in [0.25, 0.3) is 0 Å². The zero-order valence-electron chi connectivity index (χ0n) is 12.9. The van der Waals surface area contributed by atoms with Gasteiger partial charge in [0.15, 0.2) is 5.82 Å². The predicted molar refractivity (Wildman–Crippen MR) is 81.8 cm³/mol. The lowest BCUT2D eigenvalue weighted by molar-refractivity contribution is 0.663. The van der Waals surface area contributed by atoms with E-state index in [0.717, 1.165) is 34.9 Å². The summed E-state index contributed by atoms with van der Waals surface area (Å²) in [7, 11) is 1.97. The van der Waals surface area contributed by atoms with Gasteiger partial charge in [-0.15, -0.1) is 0 Å². The highest BCUT2D eigenvalue weighted by molar-refractivity contribution is 5.59. The van der Waals surface area contributed by atoms with Gasteiger partial charge in [0.05, 0.1) is 0 Å². The minimum Gasteiger partial charge on any atom is -0.319 e. The lowest BCUT2D eigenvalue weighted by Crippen LogP contribution is -2.17. The molecule has 0 aliphatic carbocycles. The summed E-state index contributed by atoms with van der Waals surface area (Å²) in [6, 6.07) is 1.97. The minimum absolute atomic E-state index is 0.410. The molecule has 0 aliphatic rings. The lowest BCUT2D eigenvalue weighted by atomic mass is 9.97. The Morgan fingerprint density at radius 2 is 1.80 bits per heavy atom. The van der Waals surface area contributed by atoms with E-state index in [9.17, 15) is 0 Å². The maximum absolute atomic E-state index is 4.70. The normalized spacial score (nSPS) is 12.4. The summed E-state index contributed by atoms with van der Waals surface area (Å²) in [6.45, 7) is 9.30. The zero-order chi connectivity index (χ0) is 14.7. The second-order valence-corrected chi connectivity index (χ2v) is 5.28. The molecule has 2 rings (SSSR count). The van der Waals surface area contributed by atoms with E-state index in [1.54, 1.807) is 6.20 Å². The lowest BCUT2D eigenvalue weighted by Gasteiger charge is -2.17. The first-order valence-electron chi connectivity index (χ1n) is 6.95. The molecule has 4 heteroatoms. The Morgan fingerprint density at radius 1 is 1.15 bits per heavy atom. The average molecular weight is 270 g/mol. The van der Waals surface area contributed by atoms with Gasteiger partial charge in [0.1, 0.15) is 0 Å². The fourth-order valence-corrected chi connectivity index (χ4v) is 2.69. The van der Waals surface area contributed by atoms with Crippen LogP contribution in [0.4, 0.5) is 0 Å². The van der Waals surface area contributed by atoms with Crippen molar-refractivity contribution in [2.24, 2.45) is 0 Å². The van der Waals surface area contributed by atoms with Crippen LogP contribution in [0.1, 0.15) is 35.4 Å². The van der Waals surface area contributed by atoms with Crippen molar-refractivity contribution >= 4 is 0 Å². The Kier molecular flexibility index (Phi) is 4.45. The smallest absolute Gasteiger partial charge is 0.160 e. The zero-order valence-corrected chi connectivity index (χ0v) is 12.9. The van der Waals surface area contributed by atoms with Crippen LogP contribution in [0.2, 0.25) is 0 Å². The summed E-state index contributed by atoms with van der Waals surface area (Å²) < 4.78 is 0. The molecule has 4 nitrogen and oxygen atoms in total. The van der Waals surface area contributed by atoms with Gasteiger partial charge in [-0.05, 0) is 50.9 Å². The second kappa shape index (κ2) is 6.09. The maximum atomic E-state index is 4.70. The topological polar surface area (TPSA) is 50.7 Å². The van der Waals surface area contributed by atoms with Gasteiger partial charge in [0, 0.05) is 35.9 Å². The first-order chi connectivity index (χ1) is 9.54. The van der Waals surface area contributed by atoms with Crippen molar-refractivity contribution in [2.75, 3.05) is 13.6 Å². The van der Waals surface area contributed by atoms with Crippen molar-refractivity contribution in [3.8, 4) is 11.4 Å². The average Bonchev–Trinajstić information content (AvgIpc) is 2.38. The monoisotopic (exact) mass is 270 g/mol. The van der Waals surface area contributed by atoms with Crippen LogP contribution in [0.3, 0.4) is 0 Å². The van der Waals surface area contributed by atoms with Crippen LogP contribution in [-0.2, 0) is 0 Å². The molecular weight excluding hydrogens is 248 g/mol. The Morgan fingerprint density at radius 3 is 2.35 bits per heavy atom. The van der Waals surface area contributed by atoms with Crippen LogP contribution in [-0.4, -0.2) is 28.5 Å². The van der Waals surface area contributed by atoms with Crippen molar-refractivity contribution < 1.29 is 0 Å². The van der Waals surface area contributed by atoms with Crippen LogP contribution in [0.25, 0.3) is 11.4 Å². The van der Waals surface area contributed by atoms with Crippen LogP contribution in [0.15, 0.2) is 18.5 Å². The van der Waals surface area contributed by atoms with Crippen molar-refractivity contribution in [3.05, 3.63) is 41.0 Å². The quantitative estimate of drug-likeness (QED) is 0.928. The van der Waals surface area contributed by atoms with Gasteiger partial charge in [-0.1, -0.05) is 6.92 Å². The first kappa shape index (κ1) is 14.6. The van der Waals surface area contributed by atoms with Gasteiger partial charge >= 0.3 is 0 Å². The van der Waals surface area contributed by atoms with Gasteiger partial charge in [-0.25, -0.2) is 9.97 Å². The van der Waals surface area contributed by atoms with E-state index in [4.69, 9.17) is 9.97 Å². The van der Waals surface area contributed by atoms with Crippen molar-refractivity contribution in [1.82, 2.24) is 20.3 Å². The number of nitrogens with one attached hydrogen (secondary N) is 1. The van der Waals surface area contributed by atoms with Crippen molar-refractivity contribution in [1.29, 1.82) is 0 Å². The van der Waals surface area contributed by atoms with Gasteiger partial charge in [0.2, 0.25) is 0 Å². The summed E-state index contributed by atoms with van der Waals surface area (Å²) in [5.74, 6) is 1.20. The number of hydrogen-bond donors (Lipinski definition) is 1. The van der Waals surface area contributed by atoms with Crippen LogP contribution in [0.5, 0.6) is 0 Å². The number of likely N-dealkylation sites (N-methyl/N-ethyl adjacent to an activating group) is 1. The fraction of sp³-hybridized carbons (Fsp3) is 0.438. The van der Waals surface area contributed by atoms with E-state index >= 15 is 0 Å².